The molecule has 0 unspecified atom stereocenters. The van der Waals surface area contributed by atoms with Gasteiger partial charge in [-0.25, -0.2) is 0 Å². The minimum atomic E-state index is 0.124. The Morgan fingerprint density at radius 2 is 2.03 bits per heavy atom. The first-order valence-electron chi connectivity index (χ1n) is 12.3. The van der Waals surface area contributed by atoms with Crippen LogP contribution in [0, 0.1) is 0 Å². The molecule has 1 fully saturated rings. The molecular formula is C27H30N6O. The molecule has 7 nitrogen and oxygen atoms in total. The number of benzene rings is 1. The van der Waals surface area contributed by atoms with Crippen molar-refractivity contribution in [3.8, 4) is 22.5 Å². The summed E-state index contributed by atoms with van der Waals surface area (Å²) < 4.78 is 4.23. The number of aromatic nitrogens is 5. The third-order valence-corrected chi connectivity index (χ3v) is 7.40. The van der Waals surface area contributed by atoms with Crippen molar-refractivity contribution in [2.24, 2.45) is 0 Å². The number of rotatable bonds is 4. The van der Waals surface area contributed by atoms with Gasteiger partial charge < -0.3 is 4.90 Å². The predicted octanol–water partition coefficient (Wildman–Crippen LogP) is 5.17. The number of hydrogen-bond donors (Lipinski definition) is 0. The van der Waals surface area contributed by atoms with E-state index in [-0.39, 0.29) is 5.91 Å². The predicted molar refractivity (Wildman–Crippen MR) is 132 cm³/mol. The van der Waals surface area contributed by atoms with Gasteiger partial charge in [-0.1, -0.05) is 18.2 Å². The molecule has 1 saturated carbocycles. The molecule has 0 bridgehead atoms. The maximum Gasteiger partial charge on any atom is 0.219 e. The highest BCUT2D eigenvalue weighted by molar-refractivity contribution is 5.97. The Balaban J connectivity index is 1.46. The molecule has 4 heterocycles. The molecule has 34 heavy (non-hydrogen) atoms. The molecule has 7 heteroatoms. The number of fused-ring (bicyclic) bond motifs is 2. The Labute approximate surface area is 199 Å². The molecule has 0 radical (unpaired) electrons. The molecule has 2 aliphatic rings. The van der Waals surface area contributed by atoms with Crippen LogP contribution in [0.15, 0.2) is 42.9 Å². The minimum absolute atomic E-state index is 0.124. The van der Waals surface area contributed by atoms with Gasteiger partial charge in [0.25, 0.3) is 0 Å². The Morgan fingerprint density at radius 1 is 1.18 bits per heavy atom. The topological polar surface area (TPSA) is 68.8 Å². The standard InChI is InChI=1S/C27H30N6O/c1-17(2)32-15-20(13-29-32)25-12-19-6-4-9-22(23(19)14-28-25)27-24-16-31(18(3)34)11-10-26(24)33(30-27)21-7-5-8-21/h4,6,9,12-15,17,21H,5,7-8,10-11,16H2,1-3H3. The highest BCUT2D eigenvalue weighted by Gasteiger charge is 2.31. The van der Waals surface area contributed by atoms with Crippen LogP contribution in [0.4, 0.5) is 0 Å². The van der Waals surface area contributed by atoms with Crippen molar-refractivity contribution in [2.45, 2.75) is 65.1 Å². The molecule has 1 aliphatic carbocycles. The maximum absolute atomic E-state index is 12.2. The van der Waals surface area contributed by atoms with Crippen LogP contribution < -0.4 is 0 Å². The number of nitrogens with zero attached hydrogens (tertiary/aromatic N) is 6. The Kier molecular flexibility index (Phi) is 5.01. The number of pyridine rings is 1. The molecule has 6 rings (SSSR count). The second kappa shape index (κ2) is 8.08. The summed E-state index contributed by atoms with van der Waals surface area (Å²) in [6, 6.07) is 9.31. The monoisotopic (exact) mass is 454 g/mol. The summed E-state index contributed by atoms with van der Waals surface area (Å²) in [6.45, 7) is 7.29. The van der Waals surface area contributed by atoms with Crippen LogP contribution in [0.3, 0.4) is 0 Å². The molecule has 1 aromatic carbocycles. The lowest BCUT2D eigenvalue weighted by molar-refractivity contribution is -0.129. The summed E-state index contributed by atoms with van der Waals surface area (Å²) in [5.41, 5.74) is 6.53. The number of amides is 1. The van der Waals surface area contributed by atoms with Gasteiger partial charge in [-0.05, 0) is 44.6 Å². The van der Waals surface area contributed by atoms with E-state index in [2.05, 4.69) is 54.1 Å². The third kappa shape index (κ3) is 3.42. The van der Waals surface area contributed by atoms with Gasteiger partial charge in [0.2, 0.25) is 5.91 Å². The normalized spacial score (nSPS) is 16.2. The van der Waals surface area contributed by atoms with Gasteiger partial charge in [0, 0.05) is 72.6 Å². The highest BCUT2D eigenvalue weighted by atomic mass is 16.2. The first kappa shape index (κ1) is 21.1. The summed E-state index contributed by atoms with van der Waals surface area (Å²) in [6.07, 6.45) is 10.4. The van der Waals surface area contributed by atoms with E-state index in [0.717, 1.165) is 46.3 Å². The van der Waals surface area contributed by atoms with Crippen LogP contribution in [0.5, 0.6) is 0 Å². The van der Waals surface area contributed by atoms with Crippen molar-refractivity contribution in [1.82, 2.24) is 29.4 Å². The highest BCUT2D eigenvalue weighted by Crippen LogP contribution is 2.39. The first-order valence-corrected chi connectivity index (χ1v) is 12.3. The molecule has 1 aliphatic heterocycles. The van der Waals surface area contributed by atoms with Gasteiger partial charge in [0.1, 0.15) is 0 Å². The van der Waals surface area contributed by atoms with Crippen molar-refractivity contribution in [2.75, 3.05) is 6.54 Å². The van der Waals surface area contributed by atoms with E-state index < -0.39 is 0 Å². The van der Waals surface area contributed by atoms with Gasteiger partial charge in [-0.2, -0.15) is 10.2 Å². The van der Waals surface area contributed by atoms with E-state index in [1.807, 2.05) is 22.0 Å². The second-order valence-electron chi connectivity index (χ2n) is 9.89. The first-order chi connectivity index (χ1) is 16.5. The summed E-state index contributed by atoms with van der Waals surface area (Å²) in [5.74, 6) is 0.124. The average molecular weight is 455 g/mol. The van der Waals surface area contributed by atoms with E-state index in [0.29, 0.717) is 18.6 Å². The number of carbonyl (C=O) groups excluding carboxylic acids is 1. The van der Waals surface area contributed by atoms with E-state index >= 15 is 0 Å². The fourth-order valence-corrected chi connectivity index (χ4v) is 5.15. The third-order valence-electron chi connectivity index (χ3n) is 7.40. The van der Waals surface area contributed by atoms with Crippen LogP contribution in [0.2, 0.25) is 0 Å². The van der Waals surface area contributed by atoms with Crippen LogP contribution >= 0.6 is 0 Å². The number of hydrogen-bond acceptors (Lipinski definition) is 4. The zero-order chi connectivity index (χ0) is 23.4. The van der Waals surface area contributed by atoms with Gasteiger partial charge >= 0.3 is 0 Å². The molecule has 3 aromatic heterocycles. The minimum Gasteiger partial charge on any atom is -0.338 e. The van der Waals surface area contributed by atoms with Crippen LogP contribution in [0.1, 0.15) is 63.4 Å². The molecule has 4 aromatic rings. The van der Waals surface area contributed by atoms with Crippen molar-refractivity contribution in [3.63, 3.8) is 0 Å². The Bertz CT molecular complexity index is 1390. The smallest absolute Gasteiger partial charge is 0.219 e. The van der Waals surface area contributed by atoms with Crippen molar-refractivity contribution < 1.29 is 4.79 Å². The van der Waals surface area contributed by atoms with Gasteiger partial charge in [-0.3, -0.25) is 19.1 Å². The molecule has 0 spiro atoms. The van der Waals surface area contributed by atoms with Crippen LogP contribution in [0.25, 0.3) is 33.3 Å². The zero-order valence-corrected chi connectivity index (χ0v) is 20.0. The van der Waals surface area contributed by atoms with E-state index in [1.54, 1.807) is 6.92 Å². The summed E-state index contributed by atoms with van der Waals surface area (Å²) >= 11 is 0. The Morgan fingerprint density at radius 3 is 2.74 bits per heavy atom. The molecule has 0 atom stereocenters. The van der Waals surface area contributed by atoms with E-state index in [9.17, 15) is 4.79 Å². The Hall–Kier alpha value is -3.48. The molecular weight excluding hydrogens is 424 g/mol. The molecule has 0 saturated heterocycles. The fourth-order valence-electron chi connectivity index (χ4n) is 5.15. The lowest BCUT2D eigenvalue weighted by atomic mass is 9.92. The maximum atomic E-state index is 12.2. The molecule has 174 valence electrons. The van der Waals surface area contributed by atoms with Gasteiger partial charge in [0.05, 0.1) is 23.6 Å². The summed E-state index contributed by atoms with van der Waals surface area (Å²) in [5, 5.41) is 11.9. The fraction of sp³-hybridized carbons (Fsp3) is 0.407. The zero-order valence-electron chi connectivity index (χ0n) is 20.0. The lowest BCUT2D eigenvalue weighted by Crippen LogP contribution is -2.35. The quantitative estimate of drug-likeness (QED) is 0.426. The second-order valence-corrected chi connectivity index (χ2v) is 9.89. The van der Waals surface area contributed by atoms with E-state index in [1.165, 1.54) is 30.5 Å². The van der Waals surface area contributed by atoms with Gasteiger partial charge in [0.15, 0.2) is 0 Å². The number of carbonyl (C=O) groups is 1. The van der Waals surface area contributed by atoms with Gasteiger partial charge in [-0.15, -0.1) is 0 Å². The van der Waals surface area contributed by atoms with Crippen molar-refractivity contribution in [1.29, 1.82) is 0 Å². The van der Waals surface area contributed by atoms with Crippen molar-refractivity contribution in [3.05, 3.63) is 54.1 Å². The SMILES string of the molecule is CC(=O)N1CCc2c(c(-c3cccc4cc(-c5cnn(C(C)C)c5)ncc34)nn2C2CCC2)C1. The van der Waals surface area contributed by atoms with Crippen LogP contribution in [-0.4, -0.2) is 41.9 Å². The lowest BCUT2D eigenvalue weighted by Gasteiger charge is -2.31. The van der Waals surface area contributed by atoms with E-state index in [4.69, 9.17) is 10.1 Å². The summed E-state index contributed by atoms with van der Waals surface area (Å²) in [7, 11) is 0. The van der Waals surface area contributed by atoms with Crippen molar-refractivity contribution >= 4 is 16.7 Å². The van der Waals surface area contributed by atoms with Crippen LogP contribution in [-0.2, 0) is 17.8 Å². The average Bonchev–Trinajstić information content (AvgIpc) is 3.43. The largest absolute Gasteiger partial charge is 0.338 e. The summed E-state index contributed by atoms with van der Waals surface area (Å²) in [4.78, 5) is 18.9. The molecule has 0 N–H and O–H groups in total. The molecule has 1 amide bonds.